The van der Waals surface area contributed by atoms with Gasteiger partial charge in [0.05, 0.1) is 24.7 Å². The van der Waals surface area contributed by atoms with Gasteiger partial charge in [0.2, 0.25) is 0 Å². The minimum Gasteiger partial charge on any atom is -0.507 e. The molecule has 1 N–H and O–H groups in total. The van der Waals surface area contributed by atoms with Gasteiger partial charge in [0.25, 0.3) is 0 Å². The van der Waals surface area contributed by atoms with Crippen LogP contribution in [-0.4, -0.2) is 29.4 Å². The van der Waals surface area contributed by atoms with Crippen LogP contribution in [0.25, 0.3) is 21.7 Å². The first-order valence-electron chi connectivity index (χ1n) is 10.4. The van der Waals surface area contributed by atoms with Gasteiger partial charge in [-0.1, -0.05) is 42.0 Å². The molecule has 0 atom stereocenters. The normalized spacial score (nSPS) is 11.3. The Morgan fingerprint density at radius 2 is 1.61 bits per heavy atom. The number of rotatable bonds is 5. The molecule has 0 fully saturated rings. The van der Waals surface area contributed by atoms with E-state index >= 15 is 0 Å². The molecule has 31 heavy (non-hydrogen) atoms. The molecule has 5 heteroatoms. The van der Waals surface area contributed by atoms with Crippen molar-refractivity contribution in [3.05, 3.63) is 70.4 Å². The Hall–Kier alpha value is -3.47. The molecule has 0 bridgehead atoms. The molecule has 0 aliphatic rings. The van der Waals surface area contributed by atoms with Crippen molar-refractivity contribution in [2.75, 3.05) is 13.7 Å². The third-order valence-corrected chi connectivity index (χ3v) is 5.86. The van der Waals surface area contributed by atoms with Crippen molar-refractivity contribution < 1.29 is 19.4 Å². The predicted molar refractivity (Wildman–Crippen MR) is 123 cm³/mol. The fraction of sp³-hybridized carbons (Fsp3) is 0.269. The number of aryl methyl sites for hydroxylation is 3. The Balaban J connectivity index is 1.81. The van der Waals surface area contributed by atoms with Gasteiger partial charge in [0.1, 0.15) is 18.1 Å². The predicted octanol–water partition coefficient (Wildman–Crippen LogP) is 5.60. The molecular weight excluding hydrogens is 390 g/mol. The number of phenolic OH excluding ortho intramolecular Hbond substituents is 1. The highest BCUT2D eigenvalue weighted by atomic mass is 16.5. The molecular formula is C26H27NO4. The van der Waals surface area contributed by atoms with Crippen molar-refractivity contribution in [1.82, 2.24) is 4.57 Å². The Bertz CT molecular complexity index is 1290. The van der Waals surface area contributed by atoms with Crippen molar-refractivity contribution in [1.29, 1.82) is 0 Å². The topological polar surface area (TPSA) is 60.7 Å². The van der Waals surface area contributed by atoms with Gasteiger partial charge in [0, 0.05) is 21.9 Å². The highest BCUT2D eigenvalue weighted by molar-refractivity contribution is 6.16. The van der Waals surface area contributed by atoms with Crippen molar-refractivity contribution in [3.63, 3.8) is 0 Å². The first-order valence-corrected chi connectivity index (χ1v) is 10.4. The number of benzene rings is 3. The number of hydrogen-bond donors (Lipinski definition) is 1. The van der Waals surface area contributed by atoms with Crippen molar-refractivity contribution >= 4 is 27.6 Å². The molecule has 1 aromatic heterocycles. The Labute approximate surface area is 181 Å². The number of carbonyl (C=O) groups excluding carboxylic acids is 1. The van der Waals surface area contributed by atoms with Crippen LogP contribution in [0.2, 0.25) is 0 Å². The zero-order valence-electron chi connectivity index (χ0n) is 18.6. The first kappa shape index (κ1) is 20.8. The van der Waals surface area contributed by atoms with E-state index in [1.165, 1.54) is 12.7 Å². The van der Waals surface area contributed by atoms with Gasteiger partial charge < -0.3 is 19.1 Å². The lowest BCUT2D eigenvalue weighted by molar-refractivity contribution is 0.0601. The second kappa shape index (κ2) is 7.99. The number of ether oxygens (including phenoxy) is 2. The largest absolute Gasteiger partial charge is 0.507 e. The van der Waals surface area contributed by atoms with Crippen LogP contribution < -0.4 is 4.74 Å². The Morgan fingerprint density at radius 3 is 2.26 bits per heavy atom. The zero-order chi connectivity index (χ0) is 22.3. The molecule has 4 rings (SSSR count). The fourth-order valence-corrected chi connectivity index (χ4v) is 4.59. The number of carbonyl (C=O) groups is 1. The molecule has 4 aromatic rings. The number of phenols is 1. The standard InChI is InChI=1S/C26H27NO4/c1-15-12-16(2)25(17(3)13-15)31-11-10-27-18(4)23(26(29)30-5)21-14-22(28)19-8-6-7-9-20(19)24(21)27/h6-9,12-14,28H,10-11H2,1-5H3. The van der Waals surface area contributed by atoms with Crippen LogP contribution in [-0.2, 0) is 11.3 Å². The molecule has 160 valence electrons. The zero-order valence-corrected chi connectivity index (χ0v) is 18.6. The second-order valence-corrected chi connectivity index (χ2v) is 8.02. The Morgan fingerprint density at radius 1 is 0.968 bits per heavy atom. The SMILES string of the molecule is COC(=O)c1c(C)n(CCOc2c(C)cc(C)cc2C)c2c1cc(O)c1ccccc12. The van der Waals surface area contributed by atoms with E-state index in [0.717, 1.165) is 38.9 Å². The highest BCUT2D eigenvalue weighted by Gasteiger charge is 2.23. The van der Waals surface area contributed by atoms with Crippen LogP contribution in [0.3, 0.4) is 0 Å². The quantitative estimate of drug-likeness (QED) is 0.430. The number of aromatic hydroxyl groups is 1. The third kappa shape index (κ3) is 3.50. The van der Waals surface area contributed by atoms with Crippen LogP contribution >= 0.6 is 0 Å². The van der Waals surface area contributed by atoms with Crippen LogP contribution in [0, 0.1) is 27.7 Å². The summed E-state index contributed by atoms with van der Waals surface area (Å²) in [5.74, 6) is 0.630. The van der Waals surface area contributed by atoms with Crippen LogP contribution in [0.5, 0.6) is 11.5 Å². The summed E-state index contributed by atoms with van der Waals surface area (Å²) in [7, 11) is 1.37. The maximum absolute atomic E-state index is 12.6. The van der Waals surface area contributed by atoms with Crippen LogP contribution in [0.1, 0.15) is 32.7 Å². The van der Waals surface area contributed by atoms with Gasteiger partial charge in [-0.2, -0.15) is 0 Å². The summed E-state index contributed by atoms with van der Waals surface area (Å²) in [6.45, 7) is 9.09. The fourth-order valence-electron chi connectivity index (χ4n) is 4.59. The minimum atomic E-state index is -0.415. The van der Waals surface area contributed by atoms with Gasteiger partial charge in [-0.3, -0.25) is 0 Å². The summed E-state index contributed by atoms with van der Waals surface area (Å²) in [5.41, 5.74) is 5.59. The van der Waals surface area contributed by atoms with Crippen LogP contribution in [0.4, 0.5) is 0 Å². The lowest BCUT2D eigenvalue weighted by Gasteiger charge is -2.15. The Kier molecular flexibility index (Phi) is 5.36. The van der Waals surface area contributed by atoms with Crippen molar-refractivity contribution in [2.24, 2.45) is 0 Å². The molecule has 0 saturated heterocycles. The molecule has 0 spiro atoms. The number of fused-ring (bicyclic) bond motifs is 3. The molecule has 3 aromatic carbocycles. The van der Waals surface area contributed by atoms with Gasteiger partial charge in [-0.15, -0.1) is 0 Å². The summed E-state index contributed by atoms with van der Waals surface area (Å²) in [6, 6.07) is 13.5. The number of hydrogen-bond acceptors (Lipinski definition) is 4. The van der Waals surface area contributed by atoms with E-state index < -0.39 is 5.97 Å². The highest BCUT2D eigenvalue weighted by Crippen LogP contribution is 2.37. The van der Waals surface area contributed by atoms with E-state index in [-0.39, 0.29) is 5.75 Å². The second-order valence-electron chi connectivity index (χ2n) is 8.02. The number of esters is 1. The van der Waals surface area contributed by atoms with E-state index in [2.05, 4.69) is 37.5 Å². The summed E-state index contributed by atoms with van der Waals surface area (Å²) in [4.78, 5) is 12.6. The van der Waals surface area contributed by atoms with Gasteiger partial charge >= 0.3 is 5.97 Å². The maximum Gasteiger partial charge on any atom is 0.340 e. The van der Waals surface area contributed by atoms with Crippen LogP contribution in [0.15, 0.2) is 42.5 Å². The molecule has 5 nitrogen and oxygen atoms in total. The average Bonchev–Trinajstić information content (AvgIpc) is 3.01. The molecule has 1 heterocycles. The van der Waals surface area contributed by atoms with Gasteiger partial charge in [-0.05, 0) is 44.9 Å². The van der Waals surface area contributed by atoms with Gasteiger partial charge in [-0.25, -0.2) is 4.79 Å². The summed E-state index contributed by atoms with van der Waals surface area (Å²) >= 11 is 0. The summed E-state index contributed by atoms with van der Waals surface area (Å²) < 4.78 is 13.3. The molecule has 0 saturated carbocycles. The molecule has 0 radical (unpaired) electrons. The van der Waals surface area contributed by atoms with E-state index in [9.17, 15) is 9.90 Å². The lowest BCUT2D eigenvalue weighted by Crippen LogP contribution is -2.12. The monoisotopic (exact) mass is 417 g/mol. The average molecular weight is 418 g/mol. The molecule has 0 aliphatic heterocycles. The number of methoxy groups -OCH3 is 1. The van der Waals surface area contributed by atoms with E-state index in [4.69, 9.17) is 9.47 Å². The molecule has 0 unspecified atom stereocenters. The number of nitrogens with zero attached hydrogens (tertiary/aromatic N) is 1. The van der Waals surface area contributed by atoms with Crippen molar-refractivity contribution in [3.8, 4) is 11.5 Å². The van der Waals surface area contributed by atoms with E-state index in [1.807, 2.05) is 31.2 Å². The minimum absolute atomic E-state index is 0.146. The smallest absolute Gasteiger partial charge is 0.340 e. The molecule has 0 aliphatic carbocycles. The summed E-state index contributed by atoms with van der Waals surface area (Å²) in [6.07, 6.45) is 0. The molecule has 0 amide bonds. The third-order valence-electron chi connectivity index (χ3n) is 5.86. The van der Waals surface area contributed by atoms with E-state index in [1.54, 1.807) is 6.07 Å². The maximum atomic E-state index is 12.6. The number of aromatic nitrogens is 1. The summed E-state index contributed by atoms with van der Waals surface area (Å²) in [5, 5.41) is 12.9. The van der Waals surface area contributed by atoms with Gasteiger partial charge in [0.15, 0.2) is 0 Å². The first-order chi connectivity index (χ1) is 14.8. The lowest BCUT2D eigenvalue weighted by atomic mass is 10.0. The van der Waals surface area contributed by atoms with E-state index in [0.29, 0.717) is 24.1 Å². The van der Waals surface area contributed by atoms with Crippen molar-refractivity contribution in [2.45, 2.75) is 34.2 Å².